The Labute approximate surface area is 119 Å². The molecule has 0 fully saturated rings. The van der Waals surface area contributed by atoms with Crippen LogP contribution in [0.2, 0.25) is 0 Å². The van der Waals surface area contributed by atoms with Gasteiger partial charge >= 0.3 is 0 Å². The molecule has 1 atom stereocenters. The lowest BCUT2D eigenvalue weighted by atomic mass is 10.1. The lowest BCUT2D eigenvalue weighted by Crippen LogP contribution is -2.35. The zero-order valence-corrected chi connectivity index (χ0v) is 13.1. The summed E-state index contributed by atoms with van der Waals surface area (Å²) in [6.07, 6.45) is 1.30. The fourth-order valence-electron chi connectivity index (χ4n) is 1.26. The van der Waals surface area contributed by atoms with Crippen LogP contribution in [-0.4, -0.2) is 18.2 Å². The SMILES string of the molecule is CC(=O)NC(C=O)Cc1ccccc1.II. The molecular formula is C11H13I2NO2. The number of amides is 1. The highest BCUT2D eigenvalue weighted by atomic mass is 128. The molecule has 1 aromatic rings. The molecule has 0 saturated carbocycles. The van der Waals surface area contributed by atoms with Crippen LogP contribution in [0.5, 0.6) is 0 Å². The summed E-state index contributed by atoms with van der Waals surface area (Å²) < 4.78 is 0. The van der Waals surface area contributed by atoms with Gasteiger partial charge in [-0.05, 0) is 12.0 Å². The van der Waals surface area contributed by atoms with Gasteiger partial charge < -0.3 is 10.1 Å². The second-order valence-corrected chi connectivity index (χ2v) is 3.13. The molecule has 5 heteroatoms. The van der Waals surface area contributed by atoms with E-state index in [2.05, 4.69) is 42.5 Å². The van der Waals surface area contributed by atoms with Gasteiger partial charge in [-0.3, -0.25) is 4.79 Å². The molecule has 1 N–H and O–H groups in total. The first-order valence-electron chi connectivity index (χ1n) is 4.63. The van der Waals surface area contributed by atoms with Gasteiger partial charge in [-0.15, -0.1) is 0 Å². The van der Waals surface area contributed by atoms with Gasteiger partial charge in [0.25, 0.3) is 0 Å². The van der Waals surface area contributed by atoms with E-state index in [4.69, 9.17) is 0 Å². The number of aldehydes is 1. The number of benzene rings is 1. The normalized spacial score (nSPS) is 10.7. The highest BCUT2D eigenvalue weighted by molar-refractivity contribution is 15.0. The van der Waals surface area contributed by atoms with Crippen LogP contribution in [-0.2, 0) is 16.0 Å². The predicted octanol–water partition coefficient (Wildman–Crippen LogP) is 2.70. The van der Waals surface area contributed by atoms with Gasteiger partial charge in [0.15, 0.2) is 0 Å². The quantitative estimate of drug-likeness (QED) is 0.573. The molecule has 0 saturated heterocycles. The topological polar surface area (TPSA) is 46.2 Å². The molecule has 0 radical (unpaired) electrons. The summed E-state index contributed by atoms with van der Waals surface area (Å²) in [6, 6.07) is 9.17. The third kappa shape index (κ3) is 7.15. The van der Waals surface area contributed by atoms with E-state index >= 15 is 0 Å². The first-order chi connectivity index (χ1) is 7.72. The van der Waals surface area contributed by atoms with E-state index in [-0.39, 0.29) is 5.91 Å². The molecule has 16 heavy (non-hydrogen) atoms. The molecule has 0 aromatic heterocycles. The van der Waals surface area contributed by atoms with Gasteiger partial charge in [-0.2, -0.15) is 0 Å². The molecule has 1 amide bonds. The third-order valence-corrected chi connectivity index (χ3v) is 1.85. The van der Waals surface area contributed by atoms with Gasteiger partial charge in [-0.1, -0.05) is 30.3 Å². The smallest absolute Gasteiger partial charge is 0.217 e. The van der Waals surface area contributed by atoms with Crippen LogP contribution in [0.25, 0.3) is 0 Å². The zero-order chi connectivity index (χ0) is 12.4. The molecule has 0 heterocycles. The molecular weight excluding hydrogens is 432 g/mol. The van der Waals surface area contributed by atoms with Crippen LogP contribution in [0.3, 0.4) is 0 Å². The number of halogens is 2. The highest BCUT2D eigenvalue weighted by Gasteiger charge is 2.08. The summed E-state index contributed by atoms with van der Waals surface area (Å²) >= 11 is 4.24. The van der Waals surface area contributed by atoms with Gasteiger partial charge in [0.05, 0.1) is 6.04 Å². The van der Waals surface area contributed by atoms with Crippen LogP contribution < -0.4 is 5.32 Å². The minimum atomic E-state index is -0.421. The maximum absolute atomic E-state index is 10.7. The lowest BCUT2D eigenvalue weighted by Gasteiger charge is -2.10. The number of hydrogen-bond donors (Lipinski definition) is 1. The van der Waals surface area contributed by atoms with Crippen molar-refractivity contribution in [2.24, 2.45) is 0 Å². The summed E-state index contributed by atoms with van der Waals surface area (Å²) in [5.74, 6) is -0.182. The molecule has 1 aromatic carbocycles. The number of rotatable bonds is 4. The van der Waals surface area contributed by atoms with Crippen molar-refractivity contribution in [2.75, 3.05) is 0 Å². The van der Waals surface area contributed by atoms with E-state index < -0.39 is 6.04 Å². The van der Waals surface area contributed by atoms with Crippen molar-refractivity contribution in [3.05, 3.63) is 35.9 Å². The summed E-state index contributed by atoms with van der Waals surface area (Å²) in [7, 11) is 0. The minimum absolute atomic E-state index is 0.182. The number of carbonyl (C=O) groups is 2. The maximum atomic E-state index is 10.7. The van der Waals surface area contributed by atoms with Crippen LogP contribution in [0.4, 0.5) is 0 Å². The fourth-order valence-corrected chi connectivity index (χ4v) is 1.26. The Bertz CT molecular complexity index is 317. The first kappa shape index (κ1) is 15.8. The highest BCUT2D eigenvalue weighted by Crippen LogP contribution is 2.01. The molecule has 0 spiro atoms. The average molecular weight is 445 g/mol. The summed E-state index contributed by atoms with van der Waals surface area (Å²) in [6.45, 7) is 1.40. The molecule has 1 unspecified atom stereocenters. The molecule has 1 rings (SSSR count). The Morgan fingerprint density at radius 1 is 1.38 bits per heavy atom. The van der Waals surface area contributed by atoms with E-state index in [0.717, 1.165) is 11.8 Å². The molecule has 3 nitrogen and oxygen atoms in total. The van der Waals surface area contributed by atoms with Crippen molar-refractivity contribution in [3.8, 4) is 0 Å². The van der Waals surface area contributed by atoms with E-state index in [0.29, 0.717) is 6.42 Å². The van der Waals surface area contributed by atoms with E-state index in [1.165, 1.54) is 6.92 Å². The molecule has 0 aliphatic rings. The Balaban J connectivity index is 0.00000106. The van der Waals surface area contributed by atoms with E-state index in [9.17, 15) is 9.59 Å². The Hall–Kier alpha value is -0.180. The van der Waals surface area contributed by atoms with Crippen molar-refractivity contribution in [2.45, 2.75) is 19.4 Å². The van der Waals surface area contributed by atoms with Crippen molar-refractivity contribution in [1.29, 1.82) is 0 Å². The van der Waals surface area contributed by atoms with Gasteiger partial charge in [0.2, 0.25) is 5.91 Å². The predicted molar refractivity (Wildman–Crippen MR) is 81.9 cm³/mol. The Morgan fingerprint density at radius 2 is 1.94 bits per heavy atom. The van der Waals surface area contributed by atoms with Crippen LogP contribution in [0.1, 0.15) is 12.5 Å². The second kappa shape index (κ2) is 10.0. The maximum Gasteiger partial charge on any atom is 0.217 e. The Kier molecular flexibility index (Phi) is 9.89. The standard InChI is InChI=1S/C11H13NO2.I2/c1-9(14)12-11(8-13)7-10-5-3-2-4-6-10;1-2/h2-6,8,11H,7H2,1H3,(H,12,14);. The molecule has 88 valence electrons. The van der Waals surface area contributed by atoms with Gasteiger partial charge in [-0.25, -0.2) is 0 Å². The summed E-state index contributed by atoms with van der Waals surface area (Å²) in [5.41, 5.74) is 1.04. The van der Waals surface area contributed by atoms with Crippen molar-refractivity contribution in [3.63, 3.8) is 0 Å². The van der Waals surface area contributed by atoms with Crippen LogP contribution in [0.15, 0.2) is 30.3 Å². The monoisotopic (exact) mass is 445 g/mol. The van der Waals surface area contributed by atoms with E-state index in [1.807, 2.05) is 30.3 Å². The number of hydrogen-bond acceptors (Lipinski definition) is 2. The minimum Gasteiger partial charge on any atom is -0.346 e. The largest absolute Gasteiger partial charge is 0.346 e. The lowest BCUT2D eigenvalue weighted by molar-refractivity contribution is -0.122. The average Bonchev–Trinajstić information content (AvgIpc) is 2.31. The second-order valence-electron chi connectivity index (χ2n) is 3.13. The van der Waals surface area contributed by atoms with Crippen molar-refractivity contribution < 1.29 is 9.59 Å². The molecule has 0 bridgehead atoms. The molecule has 0 aliphatic heterocycles. The number of nitrogens with one attached hydrogen (secondary N) is 1. The Morgan fingerprint density at radius 3 is 2.38 bits per heavy atom. The van der Waals surface area contributed by atoms with E-state index in [1.54, 1.807) is 0 Å². The van der Waals surface area contributed by atoms with Gasteiger partial charge in [0, 0.05) is 44.2 Å². The van der Waals surface area contributed by atoms with Crippen molar-refractivity contribution >= 4 is 49.4 Å². The van der Waals surface area contributed by atoms with Crippen molar-refractivity contribution in [1.82, 2.24) is 5.32 Å². The number of carbonyl (C=O) groups excluding carboxylic acids is 2. The summed E-state index contributed by atoms with van der Waals surface area (Å²) in [5, 5.41) is 2.57. The van der Waals surface area contributed by atoms with Crippen LogP contribution in [0, 0.1) is 0 Å². The first-order valence-corrected chi connectivity index (χ1v) is 10.9. The fraction of sp³-hybridized carbons (Fsp3) is 0.273. The third-order valence-electron chi connectivity index (χ3n) is 1.85. The van der Waals surface area contributed by atoms with Gasteiger partial charge in [0.1, 0.15) is 6.29 Å². The van der Waals surface area contributed by atoms with Crippen LogP contribution >= 0.6 is 37.2 Å². The molecule has 0 aliphatic carbocycles. The zero-order valence-electron chi connectivity index (χ0n) is 8.82. The summed E-state index contributed by atoms with van der Waals surface area (Å²) in [4.78, 5) is 21.4.